The summed E-state index contributed by atoms with van der Waals surface area (Å²) in [4.78, 5) is 4.12. The van der Waals surface area contributed by atoms with Crippen molar-refractivity contribution in [3.05, 3.63) is 81.9 Å². The van der Waals surface area contributed by atoms with Crippen LogP contribution >= 0.6 is 11.3 Å². The second kappa shape index (κ2) is 7.10. The average Bonchev–Trinajstić information content (AvgIpc) is 3.48. The Balaban J connectivity index is 1.56. The van der Waals surface area contributed by atoms with Gasteiger partial charge in [0.15, 0.2) is 17.3 Å². The number of thiophene rings is 1. The molecule has 4 aromatic rings. The van der Waals surface area contributed by atoms with Crippen molar-refractivity contribution in [1.82, 2.24) is 10.1 Å². The molecule has 4 heterocycles. The zero-order chi connectivity index (χ0) is 18.9. The van der Waals surface area contributed by atoms with Gasteiger partial charge in [0, 0.05) is 35.3 Å². The van der Waals surface area contributed by atoms with Crippen LogP contribution in [0.5, 0.6) is 11.5 Å². The van der Waals surface area contributed by atoms with E-state index in [9.17, 15) is 5.11 Å². The molecule has 5 rings (SSSR count). The number of pyridine rings is 1. The summed E-state index contributed by atoms with van der Waals surface area (Å²) < 4.78 is 16.5. The molecule has 1 N–H and O–H groups in total. The number of hydrogen-bond acceptors (Lipinski definition) is 7. The molecule has 1 atom stereocenters. The Bertz CT molecular complexity index is 1090. The first-order valence-electron chi connectivity index (χ1n) is 8.77. The summed E-state index contributed by atoms with van der Waals surface area (Å²) >= 11 is 1.57. The average molecular weight is 392 g/mol. The van der Waals surface area contributed by atoms with Crippen molar-refractivity contribution in [1.29, 1.82) is 0 Å². The van der Waals surface area contributed by atoms with Crippen LogP contribution in [0.1, 0.15) is 28.5 Å². The molecule has 0 saturated heterocycles. The lowest BCUT2D eigenvalue weighted by atomic mass is 9.96. The fourth-order valence-corrected chi connectivity index (χ4v) is 3.93. The van der Waals surface area contributed by atoms with Gasteiger partial charge in [-0.15, -0.1) is 0 Å². The Hall–Kier alpha value is -3.16. The van der Waals surface area contributed by atoms with Crippen molar-refractivity contribution >= 4 is 11.3 Å². The standard InChI is InChI=1S/C21H16N2O4S/c24-20(14-2-1-6-22-10-14)19-16(23-27-21(19)15-5-7-28-11-15)8-13-3-4-17-18(9-13)26-12-25-17/h1-7,9-11,20,24H,8,12H2. The number of ether oxygens (including phenoxy) is 2. The van der Waals surface area contributed by atoms with Gasteiger partial charge >= 0.3 is 0 Å². The summed E-state index contributed by atoms with van der Waals surface area (Å²) in [5.74, 6) is 2.03. The molecule has 0 saturated carbocycles. The zero-order valence-corrected chi connectivity index (χ0v) is 15.6. The van der Waals surface area contributed by atoms with E-state index < -0.39 is 6.10 Å². The number of hydrogen-bond donors (Lipinski definition) is 1. The lowest BCUT2D eigenvalue weighted by Gasteiger charge is -2.12. The van der Waals surface area contributed by atoms with Gasteiger partial charge in [0.1, 0.15) is 6.10 Å². The largest absolute Gasteiger partial charge is 0.454 e. The maximum atomic E-state index is 11.1. The van der Waals surface area contributed by atoms with E-state index in [1.54, 1.807) is 29.8 Å². The molecule has 0 fully saturated rings. The third kappa shape index (κ3) is 3.04. The summed E-state index contributed by atoms with van der Waals surface area (Å²) in [5.41, 5.74) is 3.91. The number of aliphatic hydroxyl groups excluding tert-OH is 1. The minimum atomic E-state index is -0.890. The molecular weight excluding hydrogens is 376 g/mol. The van der Waals surface area contributed by atoms with Crippen LogP contribution in [0.3, 0.4) is 0 Å². The fraction of sp³-hybridized carbons (Fsp3) is 0.143. The Morgan fingerprint density at radius 1 is 1.14 bits per heavy atom. The van der Waals surface area contributed by atoms with Crippen LogP contribution in [-0.4, -0.2) is 22.0 Å². The molecule has 0 aliphatic carbocycles. The van der Waals surface area contributed by atoms with Gasteiger partial charge < -0.3 is 19.1 Å². The summed E-state index contributed by atoms with van der Waals surface area (Å²) in [5, 5.41) is 19.3. The van der Waals surface area contributed by atoms with Crippen LogP contribution in [0.4, 0.5) is 0 Å². The first-order valence-corrected chi connectivity index (χ1v) is 9.71. The van der Waals surface area contributed by atoms with Gasteiger partial charge in [0.25, 0.3) is 0 Å². The highest BCUT2D eigenvalue weighted by molar-refractivity contribution is 7.08. The maximum absolute atomic E-state index is 11.1. The van der Waals surface area contributed by atoms with E-state index in [1.807, 2.05) is 41.1 Å². The van der Waals surface area contributed by atoms with E-state index >= 15 is 0 Å². The molecule has 1 aliphatic heterocycles. The highest BCUT2D eigenvalue weighted by Crippen LogP contribution is 2.37. The third-order valence-corrected chi connectivity index (χ3v) is 5.35. The van der Waals surface area contributed by atoms with Crippen LogP contribution in [0, 0.1) is 0 Å². The molecule has 1 unspecified atom stereocenters. The molecule has 6 nitrogen and oxygen atoms in total. The molecular formula is C21H16N2O4S. The van der Waals surface area contributed by atoms with E-state index in [4.69, 9.17) is 14.0 Å². The van der Waals surface area contributed by atoms with Crippen molar-refractivity contribution in [3.63, 3.8) is 0 Å². The second-order valence-corrected chi connectivity index (χ2v) is 7.22. The molecule has 1 aliphatic rings. The van der Waals surface area contributed by atoms with Crippen LogP contribution in [0.25, 0.3) is 11.3 Å². The molecule has 140 valence electrons. The predicted molar refractivity (Wildman–Crippen MR) is 103 cm³/mol. The molecule has 0 amide bonds. The monoisotopic (exact) mass is 392 g/mol. The van der Waals surface area contributed by atoms with E-state index in [0.717, 1.165) is 16.9 Å². The van der Waals surface area contributed by atoms with Crippen molar-refractivity contribution in [2.75, 3.05) is 6.79 Å². The Morgan fingerprint density at radius 3 is 2.89 bits per heavy atom. The molecule has 0 spiro atoms. The van der Waals surface area contributed by atoms with Gasteiger partial charge in [-0.3, -0.25) is 4.98 Å². The van der Waals surface area contributed by atoms with E-state index in [2.05, 4.69) is 10.1 Å². The van der Waals surface area contributed by atoms with Crippen molar-refractivity contribution < 1.29 is 19.1 Å². The molecule has 3 aromatic heterocycles. The van der Waals surface area contributed by atoms with Crippen molar-refractivity contribution in [3.8, 4) is 22.8 Å². The zero-order valence-electron chi connectivity index (χ0n) is 14.7. The van der Waals surface area contributed by atoms with Crippen LogP contribution in [0.2, 0.25) is 0 Å². The quantitative estimate of drug-likeness (QED) is 0.548. The van der Waals surface area contributed by atoms with Crippen molar-refractivity contribution in [2.45, 2.75) is 12.5 Å². The Labute approximate surface area is 165 Å². The van der Waals surface area contributed by atoms with E-state index in [1.165, 1.54) is 0 Å². The lowest BCUT2D eigenvalue weighted by molar-refractivity contribution is 0.174. The lowest BCUT2D eigenvalue weighted by Crippen LogP contribution is -2.05. The van der Waals surface area contributed by atoms with Gasteiger partial charge in [0.2, 0.25) is 6.79 Å². The van der Waals surface area contributed by atoms with Gasteiger partial charge in [-0.2, -0.15) is 11.3 Å². The highest BCUT2D eigenvalue weighted by Gasteiger charge is 2.26. The third-order valence-electron chi connectivity index (χ3n) is 4.67. The normalized spacial score (nSPS) is 13.6. The predicted octanol–water partition coefficient (Wildman–Crippen LogP) is 4.20. The van der Waals surface area contributed by atoms with Gasteiger partial charge in [-0.1, -0.05) is 17.3 Å². The topological polar surface area (TPSA) is 77.6 Å². The number of aliphatic hydroxyl groups is 1. The minimum Gasteiger partial charge on any atom is -0.454 e. The van der Waals surface area contributed by atoms with Crippen LogP contribution in [-0.2, 0) is 6.42 Å². The van der Waals surface area contributed by atoms with Crippen molar-refractivity contribution in [2.24, 2.45) is 0 Å². The number of fused-ring (bicyclic) bond motifs is 1. The van der Waals surface area contributed by atoms with Crippen LogP contribution in [0.15, 0.2) is 64.1 Å². The number of rotatable bonds is 5. The Kier molecular flexibility index (Phi) is 4.31. The van der Waals surface area contributed by atoms with Gasteiger partial charge in [-0.25, -0.2) is 0 Å². The van der Waals surface area contributed by atoms with Crippen LogP contribution < -0.4 is 9.47 Å². The first kappa shape index (κ1) is 17.0. The molecule has 0 bridgehead atoms. The highest BCUT2D eigenvalue weighted by atomic mass is 32.1. The first-order chi connectivity index (χ1) is 13.8. The van der Waals surface area contributed by atoms with Gasteiger partial charge in [0.05, 0.1) is 11.3 Å². The van der Waals surface area contributed by atoms with Gasteiger partial charge in [-0.05, 0) is 35.2 Å². The fourth-order valence-electron chi connectivity index (χ4n) is 3.29. The number of aromatic nitrogens is 2. The second-order valence-electron chi connectivity index (χ2n) is 6.44. The molecule has 0 radical (unpaired) electrons. The number of nitrogens with zero attached hydrogens (tertiary/aromatic N) is 2. The number of benzene rings is 1. The SMILES string of the molecule is OC(c1cccnc1)c1c(Cc2ccc3c(c2)OCO3)noc1-c1ccsc1. The summed E-state index contributed by atoms with van der Waals surface area (Å²) in [6.45, 7) is 0.232. The molecule has 28 heavy (non-hydrogen) atoms. The van der Waals surface area contributed by atoms with E-state index in [-0.39, 0.29) is 6.79 Å². The van der Waals surface area contributed by atoms with E-state index in [0.29, 0.717) is 34.8 Å². The Morgan fingerprint density at radius 2 is 2.07 bits per heavy atom. The molecule has 1 aromatic carbocycles. The summed E-state index contributed by atoms with van der Waals surface area (Å²) in [7, 11) is 0. The maximum Gasteiger partial charge on any atom is 0.231 e. The minimum absolute atomic E-state index is 0.232. The molecule has 7 heteroatoms. The summed E-state index contributed by atoms with van der Waals surface area (Å²) in [6.07, 6.45) is 2.94. The smallest absolute Gasteiger partial charge is 0.231 e. The summed E-state index contributed by atoms with van der Waals surface area (Å²) in [6, 6.07) is 11.4.